The van der Waals surface area contributed by atoms with Gasteiger partial charge in [-0.15, -0.1) is 0 Å². The van der Waals surface area contributed by atoms with Gasteiger partial charge in [0.1, 0.15) is 5.82 Å². The van der Waals surface area contributed by atoms with Crippen LogP contribution in [0.2, 0.25) is 0 Å². The number of amides is 1. The predicted molar refractivity (Wildman–Crippen MR) is 92.0 cm³/mol. The zero-order valence-electron chi connectivity index (χ0n) is 14.3. The Morgan fingerprint density at radius 3 is 2.96 bits per heavy atom. The summed E-state index contributed by atoms with van der Waals surface area (Å²) in [5.74, 6) is 0.810. The molecule has 0 unspecified atom stereocenters. The van der Waals surface area contributed by atoms with Gasteiger partial charge in [-0.25, -0.2) is 4.98 Å². The van der Waals surface area contributed by atoms with Gasteiger partial charge >= 0.3 is 0 Å². The fraction of sp³-hybridized carbons (Fsp3) is 0.647. The van der Waals surface area contributed by atoms with Crippen LogP contribution in [0, 0.1) is 0 Å². The summed E-state index contributed by atoms with van der Waals surface area (Å²) in [4.78, 5) is 21.0. The van der Waals surface area contributed by atoms with Crippen molar-refractivity contribution in [3.8, 4) is 0 Å². The summed E-state index contributed by atoms with van der Waals surface area (Å²) in [7, 11) is 2.01. The third kappa shape index (κ3) is 5.80. The van der Waals surface area contributed by atoms with Crippen LogP contribution in [0.25, 0.3) is 0 Å². The Bertz CT molecular complexity index is 489. The first-order chi connectivity index (χ1) is 11.2. The molecule has 6 heteroatoms. The first kappa shape index (κ1) is 17.7. The third-order valence-corrected chi connectivity index (χ3v) is 4.06. The third-order valence-electron chi connectivity index (χ3n) is 4.06. The molecule has 0 spiro atoms. The summed E-state index contributed by atoms with van der Waals surface area (Å²) in [5, 5.41) is 2.99. The second kappa shape index (κ2) is 9.47. The normalized spacial score (nSPS) is 15.4. The molecule has 2 heterocycles. The lowest BCUT2D eigenvalue weighted by atomic mass is 10.2. The summed E-state index contributed by atoms with van der Waals surface area (Å²) in [6, 6.07) is 3.63. The van der Waals surface area contributed by atoms with E-state index in [2.05, 4.69) is 27.0 Å². The van der Waals surface area contributed by atoms with Gasteiger partial charge in [-0.05, 0) is 18.6 Å². The number of nitrogens with one attached hydrogen (secondary N) is 1. The van der Waals surface area contributed by atoms with E-state index in [0.717, 1.165) is 58.1 Å². The number of rotatable bonds is 8. The largest absolute Gasteiger partial charge is 0.379 e. The number of aromatic nitrogens is 1. The number of ether oxygens (including phenoxy) is 1. The molecule has 0 aromatic carbocycles. The SMILES string of the molecule is CCCCN(C)c1cc(C(=O)NCCN2CCOCC2)ccn1. The molecule has 128 valence electrons. The van der Waals surface area contributed by atoms with Crippen molar-refractivity contribution in [1.29, 1.82) is 0 Å². The van der Waals surface area contributed by atoms with Gasteiger partial charge in [-0.1, -0.05) is 13.3 Å². The molecule has 1 N–H and O–H groups in total. The van der Waals surface area contributed by atoms with E-state index in [9.17, 15) is 4.79 Å². The van der Waals surface area contributed by atoms with Crippen molar-refractivity contribution >= 4 is 11.7 Å². The summed E-state index contributed by atoms with van der Waals surface area (Å²) in [6.45, 7) is 8.09. The van der Waals surface area contributed by atoms with Crippen LogP contribution >= 0.6 is 0 Å². The zero-order valence-corrected chi connectivity index (χ0v) is 14.3. The summed E-state index contributed by atoms with van der Waals surface area (Å²) < 4.78 is 5.32. The minimum Gasteiger partial charge on any atom is -0.379 e. The molecule has 1 fully saturated rings. The Morgan fingerprint density at radius 1 is 1.43 bits per heavy atom. The number of carbonyl (C=O) groups is 1. The van der Waals surface area contributed by atoms with Crippen LogP contribution in [-0.2, 0) is 4.74 Å². The second-order valence-electron chi connectivity index (χ2n) is 5.89. The first-order valence-electron chi connectivity index (χ1n) is 8.46. The highest BCUT2D eigenvalue weighted by atomic mass is 16.5. The van der Waals surface area contributed by atoms with Crippen LogP contribution in [0.5, 0.6) is 0 Å². The summed E-state index contributed by atoms with van der Waals surface area (Å²) in [6.07, 6.45) is 3.97. The Kier molecular flexibility index (Phi) is 7.29. The van der Waals surface area contributed by atoms with E-state index >= 15 is 0 Å². The maximum Gasteiger partial charge on any atom is 0.251 e. The van der Waals surface area contributed by atoms with Gasteiger partial charge in [0.25, 0.3) is 5.91 Å². The Balaban J connectivity index is 1.81. The van der Waals surface area contributed by atoms with E-state index in [1.165, 1.54) is 0 Å². The van der Waals surface area contributed by atoms with Gasteiger partial charge < -0.3 is 15.0 Å². The van der Waals surface area contributed by atoms with Gasteiger partial charge in [-0.2, -0.15) is 0 Å². The highest BCUT2D eigenvalue weighted by Gasteiger charge is 2.12. The van der Waals surface area contributed by atoms with E-state index < -0.39 is 0 Å². The first-order valence-corrected chi connectivity index (χ1v) is 8.46. The van der Waals surface area contributed by atoms with Crippen LogP contribution in [-0.4, -0.2) is 68.8 Å². The van der Waals surface area contributed by atoms with Crippen LogP contribution in [0.1, 0.15) is 30.1 Å². The molecule has 1 aliphatic heterocycles. The molecule has 23 heavy (non-hydrogen) atoms. The quantitative estimate of drug-likeness (QED) is 0.784. The number of morpholine rings is 1. The average molecular weight is 320 g/mol. The molecule has 6 nitrogen and oxygen atoms in total. The zero-order chi connectivity index (χ0) is 16.5. The van der Waals surface area contributed by atoms with Gasteiger partial charge in [0.2, 0.25) is 0 Å². The minimum absolute atomic E-state index is 0.0363. The lowest BCUT2D eigenvalue weighted by Crippen LogP contribution is -2.41. The number of hydrogen-bond acceptors (Lipinski definition) is 5. The Labute approximate surface area is 138 Å². The summed E-state index contributed by atoms with van der Waals surface area (Å²) in [5.41, 5.74) is 0.667. The number of carbonyl (C=O) groups excluding carboxylic acids is 1. The molecule has 0 saturated carbocycles. The maximum absolute atomic E-state index is 12.3. The van der Waals surface area contributed by atoms with Gasteiger partial charge in [0, 0.05) is 51.5 Å². The standard InChI is InChI=1S/C17H28N4O2/c1-3-4-8-20(2)16-14-15(5-6-18-16)17(22)19-7-9-21-10-12-23-13-11-21/h5-6,14H,3-4,7-13H2,1-2H3,(H,19,22). The number of nitrogens with zero attached hydrogens (tertiary/aromatic N) is 3. The molecule has 1 amide bonds. The molecule has 0 radical (unpaired) electrons. The molecule has 1 saturated heterocycles. The molecule has 1 aromatic rings. The van der Waals surface area contributed by atoms with Crippen molar-refractivity contribution in [2.75, 3.05) is 57.9 Å². The number of hydrogen-bond donors (Lipinski definition) is 1. The van der Waals surface area contributed by atoms with E-state index in [-0.39, 0.29) is 5.91 Å². The average Bonchev–Trinajstić information content (AvgIpc) is 2.60. The molecular weight excluding hydrogens is 292 g/mol. The fourth-order valence-corrected chi connectivity index (χ4v) is 2.53. The van der Waals surface area contributed by atoms with Gasteiger partial charge in [0.05, 0.1) is 13.2 Å². The topological polar surface area (TPSA) is 57.7 Å². The summed E-state index contributed by atoms with van der Waals surface area (Å²) >= 11 is 0. The van der Waals surface area contributed by atoms with Crippen molar-refractivity contribution in [3.05, 3.63) is 23.9 Å². The monoisotopic (exact) mass is 320 g/mol. The highest BCUT2D eigenvalue weighted by molar-refractivity contribution is 5.94. The molecule has 0 bridgehead atoms. The van der Waals surface area contributed by atoms with E-state index in [0.29, 0.717) is 12.1 Å². The highest BCUT2D eigenvalue weighted by Crippen LogP contribution is 2.12. The van der Waals surface area contributed by atoms with E-state index in [1.807, 2.05) is 13.1 Å². The van der Waals surface area contributed by atoms with Crippen LogP contribution < -0.4 is 10.2 Å². The Hall–Kier alpha value is -1.66. The molecule has 1 aliphatic rings. The predicted octanol–water partition coefficient (Wildman–Crippen LogP) is 1.38. The molecule has 2 rings (SSSR count). The smallest absolute Gasteiger partial charge is 0.251 e. The van der Waals surface area contributed by atoms with Crippen LogP contribution in [0.3, 0.4) is 0 Å². The van der Waals surface area contributed by atoms with Gasteiger partial charge in [-0.3, -0.25) is 9.69 Å². The maximum atomic E-state index is 12.3. The number of anilines is 1. The van der Waals surface area contributed by atoms with Crippen molar-refractivity contribution in [1.82, 2.24) is 15.2 Å². The molecule has 1 aromatic heterocycles. The lowest BCUT2D eigenvalue weighted by Gasteiger charge is -2.26. The lowest BCUT2D eigenvalue weighted by molar-refractivity contribution is 0.0383. The van der Waals surface area contributed by atoms with Crippen molar-refractivity contribution in [2.45, 2.75) is 19.8 Å². The number of pyridine rings is 1. The van der Waals surface area contributed by atoms with Crippen molar-refractivity contribution < 1.29 is 9.53 Å². The van der Waals surface area contributed by atoms with Crippen LogP contribution in [0.15, 0.2) is 18.3 Å². The van der Waals surface area contributed by atoms with Crippen LogP contribution in [0.4, 0.5) is 5.82 Å². The molecule has 0 aliphatic carbocycles. The fourth-order valence-electron chi connectivity index (χ4n) is 2.53. The minimum atomic E-state index is -0.0363. The second-order valence-corrected chi connectivity index (χ2v) is 5.89. The van der Waals surface area contributed by atoms with E-state index in [1.54, 1.807) is 12.3 Å². The van der Waals surface area contributed by atoms with E-state index in [4.69, 9.17) is 4.74 Å². The molecular formula is C17H28N4O2. The number of unbranched alkanes of at least 4 members (excludes halogenated alkanes) is 1. The van der Waals surface area contributed by atoms with Crippen molar-refractivity contribution in [2.24, 2.45) is 0 Å². The molecule has 0 atom stereocenters. The Morgan fingerprint density at radius 2 is 2.22 bits per heavy atom. The van der Waals surface area contributed by atoms with Gasteiger partial charge in [0.15, 0.2) is 0 Å². The van der Waals surface area contributed by atoms with Crippen molar-refractivity contribution in [3.63, 3.8) is 0 Å².